The Hall–Kier alpha value is -2.05. The third-order valence-electron chi connectivity index (χ3n) is 2.57. The first-order valence-corrected chi connectivity index (χ1v) is 6.07. The molecule has 0 bridgehead atoms. The number of rotatable bonds is 4. The molecule has 5 nitrogen and oxygen atoms in total. The zero-order valence-corrected chi connectivity index (χ0v) is 11.3. The number of carbonyl (C=O) groups is 1. The lowest BCUT2D eigenvalue weighted by molar-refractivity contribution is 0.0921. The molecule has 0 spiro atoms. The van der Waals surface area contributed by atoms with E-state index in [1.807, 2.05) is 5.43 Å². The van der Waals surface area contributed by atoms with Crippen molar-refractivity contribution in [1.29, 1.82) is 0 Å². The minimum absolute atomic E-state index is 0.0596. The summed E-state index contributed by atoms with van der Waals surface area (Å²) in [6, 6.07) is 5.46. The van der Waals surface area contributed by atoms with Crippen molar-refractivity contribution in [2.75, 3.05) is 0 Å². The fourth-order valence-electron chi connectivity index (χ4n) is 1.65. The molecule has 2 aromatic rings. The van der Waals surface area contributed by atoms with Gasteiger partial charge in [-0.25, -0.2) is 10.2 Å². The van der Waals surface area contributed by atoms with Gasteiger partial charge in [-0.2, -0.15) is 0 Å². The van der Waals surface area contributed by atoms with E-state index in [9.17, 15) is 9.18 Å². The highest BCUT2D eigenvalue weighted by atomic mass is 35.5. The monoisotopic (exact) mass is 298 g/mol. The average molecular weight is 299 g/mol. The molecule has 0 unspecified atom stereocenters. The molecule has 2 rings (SSSR count). The fourth-order valence-corrected chi connectivity index (χ4v) is 1.87. The molecular weight excluding hydrogens is 287 g/mol. The number of nitrogen functional groups attached to an aromatic ring is 1. The second-order valence-electron chi connectivity index (χ2n) is 4.06. The van der Waals surface area contributed by atoms with Gasteiger partial charge in [0.25, 0.3) is 0 Å². The Balaban J connectivity index is 2.09. The Bertz CT molecular complexity index is 643. The van der Waals surface area contributed by atoms with Crippen molar-refractivity contribution in [3.63, 3.8) is 0 Å². The molecule has 3 N–H and O–H groups in total. The van der Waals surface area contributed by atoms with Gasteiger partial charge >= 0.3 is 5.91 Å². The predicted molar refractivity (Wildman–Crippen MR) is 70.8 cm³/mol. The van der Waals surface area contributed by atoms with E-state index in [0.29, 0.717) is 17.1 Å². The van der Waals surface area contributed by atoms with Gasteiger partial charge in [-0.1, -0.05) is 11.6 Å². The molecule has 1 amide bonds. The molecule has 0 fully saturated rings. The van der Waals surface area contributed by atoms with E-state index >= 15 is 0 Å². The number of hydrogen-bond donors (Lipinski definition) is 2. The Morgan fingerprint density at radius 1 is 1.50 bits per heavy atom. The van der Waals surface area contributed by atoms with Crippen molar-refractivity contribution < 1.29 is 18.3 Å². The number of halogens is 2. The maximum atomic E-state index is 12.9. The lowest BCUT2D eigenvalue weighted by Gasteiger charge is -2.06. The molecule has 0 aliphatic carbocycles. The summed E-state index contributed by atoms with van der Waals surface area (Å²) < 4.78 is 23.6. The molecule has 7 heteroatoms. The number of carbonyl (C=O) groups excluding carboxylic acids is 1. The third kappa shape index (κ3) is 3.09. The first kappa shape index (κ1) is 14.4. The molecule has 1 heterocycles. The van der Waals surface area contributed by atoms with Crippen molar-refractivity contribution in [3.05, 3.63) is 52.2 Å². The van der Waals surface area contributed by atoms with Gasteiger partial charge in [-0.15, -0.1) is 0 Å². The zero-order valence-electron chi connectivity index (χ0n) is 10.6. The van der Waals surface area contributed by atoms with Crippen molar-refractivity contribution in [3.8, 4) is 5.75 Å². The Labute approximate surface area is 119 Å². The van der Waals surface area contributed by atoms with E-state index in [2.05, 4.69) is 0 Å². The predicted octanol–water partition coefficient (Wildman–Crippen LogP) is 2.56. The largest absolute Gasteiger partial charge is 0.484 e. The summed E-state index contributed by atoms with van der Waals surface area (Å²) >= 11 is 5.83. The Morgan fingerprint density at radius 2 is 2.25 bits per heavy atom. The van der Waals surface area contributed by atoms with Gasteiger partial charge in [0.2, 0.25) is 0 Å². The van der Waals surface area contributed by atoms with Crippen LogP contribution < -0.4 is 16.0 Å². The molecule has 0 saturated carbocycles. The summed E-state index contributed by atoms with van der Waals surface area (Å²) in [6.07, 6.45) is 0. The van der Waals surface area contributed by atoms with Crippen LogP contribution in [0.3, 0.4) is 0 Å². The van der Waals surface area contributed by atoms with E-state index < -0.39 is 11.7 Å². The number of nitrogens with two attached hydrogens (primary N) is 1. The van der Waals surface area contributed by atoms with Crippen LogP contribution in [0.5, 0.6) is 5.75 Å². The van der Waals surface area contributed by atoms with E-state index in [1.165, 1.54) is 12.1 Å². The number of furan rings is 1. The lowest BCUT2D eigenvalue weighted by Crippen LogP contribution is -2.30. The highest BCUT2D eigenvalue weighted by Crippen LogP contribution is 2.26. The van der Waals surface area contributed by atoms with Crippen LogP contribution in [-0.2, 0) is 6.61 Å². The van der Waals surface area contributed by atoms with Crippen molar-refractivity contribution >= 4 is 17.5 Å². The summed E-state index contributed by atoms with van der Waals surface area (Å²) in [5, 5.41) is 0.160. The summed E-state index contributed by atoms with van der Waals surface area (Å²) in [4.78, 5) is 11.4. The van der Waals surface area contributed by atoms with Crippen LogP contribution in [0, 0.1) is 12.7 Å². The van der Waals surface area contributed by atoms with Crippen molar-refractivity contribution in [2.45, 2.75) is 13.5 Å². The number of ether oxygens (including phenoxy) is 1. The van der Waals surface area contributed by atoms with Gasteiger partial charge in [0.1, 0.15) is 23.9 Å². The highest BCUT2D eigenvalue weighted by molar-refractivity contribution is 6.32. The number of nitrogens with one attached hydrogen (secondary N) is 1. The van der Waals surface area contributed by atoms with Crippen LogP contribution in [0.4, 0.5) is 4.39 Å². The molecule has 0 atom stereocenters. The van der Waals surface area contributed by atoms with Crippen LogP contribution in [0.2, 0.25) is 5.02 Å². The number of hydrazine groups is 1. The van der Waals surface area contributed by atoms with Gasteiger partial charge in [0, 0.05) is 5.56 Å². The second kappa shape index (κ2) is 5.94. The number of amides is 1. The highest BCUT2D eigenvalue weighted by Gasteiger charge is 2.15. The minimum atomic E-state index is -0.520. The number of benzene rings is 1. The van der Waals surface area contributed by atoms with E-state index in [-0.39, 0.29) is 17.4 Å². The van der Waals surface area contributed by atoms with Crippen molar-refractivity contribution in [2.24, 2.45) is 5.84 Å². The first-order chi connectivity index (χ1) is 9.51. The van der Waals surface area contributed by atoms with Gasteiger partial charge in [0.15, 0.2) is 5.76 Å². The SMILES string of the molecule is Cc1cc(COc2ccc(F)cc2Cl)oc1C(=O)NN. The molecule has 106 valence electrons. The zero-order chi connectivity index (χ0) is 14.7. The smallest absolute Gasteiger partial charge is 0.301 e. The standard InChI is InChI=1S/C13H12ClFN2O3/c1-7-4-9(20-12(7)13(18)17-16)6-19-11-3-2-8(15)5-10(11)14/h2-5H,6,16H2,1H3,(H,17,18). The molecule has 1 aromatic carbocycles. The van der Waals surface area contributed by atoms with Gasteiger partial charge in [-0.3, -0.25) is 10.2 Å². The van der Waals surface area contributed by atoms with Gasteiger partial charge < -0.3 is 9.15 Å². The van der Waals surface area contributed by atoms with Crippen LogP contribution in [0.25, 0.3) is 0 Å². The molecular formula is C13H12ClFN2O3. The van der Waals surface area contributed by atoms with Crippen LogP contribution in [0.1, 0.15) is 21.9 Å². The first-order valence-electron chi connectivity index (χ1n) is 5.69. The van der Waals surface area contributed by atoms with Crippen molar-refractivity contribution in [1.82, 2.24) is 5.43 Å². The Kier molecular flexibility index (Phi) is 4.26. The van der Waals surface area contributed by atoms with Crippen LogP contribution in [0.15, 0.2) is 28.7 Å². The normalized spacial score (nSPS) is 10.4. The van der Waals surface area contributed by atoms with E-state index in [4.69, 9.17) is 26.6 Å². The van der Waals surface area contributed by atoms with Gasteiger partial charge in [-0.05, 0) is 31.2 Å². The minimum Gasteiger partial charge on any atom is -0.484 e. The molecule has 0 radical (unpaired) electrons. The summed E-state index contributed by atoms with van der Waals surface area (Å²) in [5.41, 5.74) is 2.62. The molecule has 1 aromatic heterocycles. The summed E-state index contributed by atoms with van der Waals surface area (Å²) in [7, 11) is 0. The quantitative estimate of drug-likeness (QED) is 0.516. The lowest BCUT2D eigenvalue weighted by atomic mass is 10.2. The van der Waals surface area contributed by atoms with Crippen LogP contribution >= 0.6 is 11.6 Å². The van der Waals surface area contributed by atoms with E-state index in [1.54, 1.807) is 13.0 Å². The number of hydrogen-bond acceptors (Lipinski definition) is 4. The summed E-state index contributed by atoms with van der Waals surface area (Å²) in [6.45, 7) is 1.77. The van der Waals surface area contributed by atoms with Crippen LogP contribution in [-0.4, -0.2) is 5.91 Å². The fraction of sp³-hybridized carbons (Fsp3) is 0.154. The maximum absolute atomic E-state index is 12.9. The average Bonchev–Trinajstić information content (AvgIpc) is 2.78. The number of aryl methyl sites for hydroxylation is 1. The molecule has 0 saturated heterocycles. The second-order valence-corrected chi connectivity index (χ2v) is 4.47. The third-order valence-corrected chi connectivity index (χ3v) is 2.87. The molecule has 0 aliphatic heterocycles. The Morgan fingerprint density at radius 3 is 2.90 bits per heavy atom. The van der Waals surface area contributed by atoms with Gasteiger partial charge in [0.05, 0.1) is 5.02 Å². The maximum Gasteiger partial charge on any atom is 0.301 e. The topological polar surface area (TPSA) is 77.5 Å². The molecule has 0 aliphatic rings. The molecule has 20 heavy (non-hydrogen) atoms. The summed E-state index contributed by atoms with van der Waals surface area (Å²) in [5.74, 6) is 4.95. The van der Waals surface area contributed by atoms with E-state index in [0.717, 1.165) is 6.07 Å².